The number of hydrogen-bond donors (Lipinski definition) is 1. The van der Waals surface area contributed by atoms with Crippen molar-refractivity contribution in [3.63, 3.8) is 0 Å². The first kappa shape index (κ1) is 21.4. The van der Waals surface area contributed by atoms with Gasteiger partial charge in [0, 0.05) is 50.8 Å². The summed E-state index contributed by atoms with van der Waals surface area (Å²) in [6.45, 7) is 5.83. The van der Waals surface area contributed by atoms with Crippen molar-refractivity contribution < 1.29 is 23.3 Å². The second kappa shape index (κ2) is 9.91. The van der Waals surface area contributed by atoms with Gasteiger partial charge in [-0.1, -0.05) is 5.16 Å². The van der Waals surface area contributed by atoms with Gasteiger partial charge >= 0.3 is 0 Å². The van der Waals surface area contributed by atoms with Crippen LogP contribution in [-0.4, -0.2) is 65.4 Å². The Bertz CT molecular complexity index is 888. The average molecular weight is 414 g/mol. The molecule has 9 heteroatoms. The molecule has 0 radical (unpaired) electrons. The SMILES string of the molecule is Cc1noc(C)c1CC(=O)N1CCN(C(=O)CCNC(=O)/C=C/c2ccco2)CC1. The predicted octanol–water partition coefficient (Wildman–Crippen LogP) is 1.32. The maximum absolute atomic E-state index is 12.5. The van der Waals surface area contributed by atoms with E-state index in [0.717, 1.165) is 11.3 Å². The minimum Gasteiger partial charge on any atom is -0.465 e. The van der Waals surface area contributed by atoms with Crippen molar-refractivity contribution in [3.05, 3.63) is 47.2 Å². The van der Waals surface area contributed by atoms with Gasteiger partial charge in [-0.2, -0.15) is 0 Å². The van der Waals surface area contributed by atoms with Crippen molar-refractivity contribution in [2.75, 3.05) is 32.7 Å². The lowest BCUT2D eigenvalue weighted by Gasteiger charge is -2.35. The molecule has 1 N–H and O–H groups in total. The van der Waals surface area contributed by atoms with Crippen LogP contribution in [0.3, 0.4) is 0 Å². The summed E-state index contributed by atoms with van der Waals surface area (Å²) in [5, 5.41) is 6.56. The summed E-state index contributed by atoms with van der Waals surface area (Å²) >= 11 is 0. The molecule has 30 heavy (non-hydrogen) atoms. The van der Waals surface area contributed by atoms with E-state index in [0.29, 0.717) is 37.7 Å². The van der Waals surface area contributed by atoms with E-state index in [-0.39, 0.29) is 37.1 Å². The minimum atomic E-state index is -0.283. The van der Waals surface area contributed by atoms with Gasteiger partial charge in [-0.3, -0.25) is 14.4 Å². The van der Waals surface area contributed by atoms with E-state index in [1.54, 1.807) is 34.9 Å². The summed E-state index contributed by atoms with van der Waals surface area (Å²) in [5.41, 5.74) is 1.56. The molecule has 1 fully saturated rings. The second-order valence-corrected chi connectivity index (χ2v) is 7.13. The Kier molecular flexibility index (Phi) is 7.05. The number of nitrogens with one attached hydrogen (secondary N) is 1. The zero-order valence-electron chi connectivity index (χ0n) is 17.2. The van der Waals surface area contributed by atoms with Crippen molar-refractivity contribution in [2.45, 2.75) is 26.7 Å². The third-order valence-electron chi connectivity index (χ3n) is 5.07. The number of amides is 3. The molecule has 2 aromatic heterocycles. The number of aromatic nitrogens is 1. The van der Waals surface area contributed by atoms with Crippen molar-refractivity contribution in [1.29, 1.82) is 0 Å². The zero-order chi connectivity index (χ0) is 21.5. The number of aryl methyl sites for hydroxylation is 2. The molecular formula is C21H26N4O5. The number of carbonyl (C=O) groups excluding carboxylic acids is 3. The summed E-state index contributed by atoms with van der Waals surface area (Å²) in [5.74, 6) is 0.933. The van der Waals surface area contributed by atoms with Crippen LogP contribution in [0.4, 0.5) is 0 Å². The highest BCUT2D eigenvalue weighted by molar-refractivity contribution is 5.91. The molecule has 0 aliphatic carbocycles. The maximum Gasteiger partial charge on any atom is 0.244 e. The lowest BCUT2D eigenvalue weighted by molar-refractivity contribution is -0.139. The fraction of sp³-hybridized carbons (Fsp3) is 0.429. The van der Waals surface area contributed by atoms with Gasteiger partial charge in [0.2, 0.25) is 17.7 Å². The van der Waals surface area contributed by atoms with Gasteiger partial charge < -0.3 is 24.1 Å². The van der Waals surface area contributed by atoms with Gasteiger partial charge in [-0.05, 0) is 32.1 Å². The number of rotatable bonds is 7. The normalized spacial score (nSPS) is 14.3. The van der Waals surface area contributed by atoms with E-state index in [9.17, 15) is 14.4 Å². The fourth-order valence-electron chi connectivity index (χ4n) is 3.28. The third kappa shape index (κ3) is 5.59. The van der Waals surface area contributed by atoms with E-state index in [1.165, 1.54) is 12.3 Å². The van der Waals surface area contributed by atoms with Gasteiger partial charge in [0.15, 0.2) is 0 Å². The summed E-state index contributed by atoms with van der Waals surface area (Å²) < 4.78 is 10.2. The summed E-state index contributed by atoms with van der Waals surface area (Å²) in [4.78, 5) is 40.2. The third-order valence-corrected chi connectivity index (χ3v) is 5.07. The average Bonchev–Trinajstić information content (AvgIpc) is 3.37. The van der Waals surface area contributed by atoms with Crippen LogP contribution in [0.1, 0.15) is 29.2 Å². The van der Waals surface area contributed by atoms with Crippen molar-refractivity contribution in [3.8, 4) is 0 Å². The Hall–Kier alpha value is -3.36. The van der Waals surface area contributed by atoms with E-state index < -0.39 is 0 Å². The van der Waals surface area contributed by atoms with Crippen LogP contribution in [0.2, 0.25) is 0 Å². The first-order chi connectivity index (χ1) is 14.4. The molecule has 9 nitrogen and oxygen atoms in total. The lowest BCUT2D eigenvalue weighted by Crippen LogP contribution is -2.51. The summed E-state index contributed by atoms with van der Waals surface area (Å²) in [6.07, 6.45) is 4.93. The van der Waals surface area contributed by atoms with Gasteiger partial charge in [0.25, 0.3) is 0 Å². The number of nitrogens with zero attached hydrogens (tertiary/aromatic N) is 3. The first-order valence-corrected chi connectivity index (χ1v) is 9.90. The molecule has 0 spiro atoms. The highest BCUT2D eigenvalue weighted by Gasteiger charge is 2.25. The Labute approximate surface area is 174 Å². The zero-order valence-corrected chi connectivity index (χ0v) is 17.2. The monoisotopic (exact) mass is 414 g/mol. The van der Waals surface area contributed by atoms with Gasteiger partial charge in [0.05, 0.1) is 18.4 Å². The Morgan fingerprint density at radius 1 is 1.13 bits per heavy atom. The molecule has 1 aliphatic rings. The molecular weight excluding hydrogens is 388 g/mol. The standard InChI is InChI=1S/C21H26N4O5/c1-15-18(16(2)30-23-15)14-21(28)25-11-9-24(10-12-25)20(27)7-8-22-19(26)6-5-17-4-3-13-29-17/h3-6,13H,7-12,14H2,1-2H3,(H,22,26)/b6-5+. The van der Waals surface area contributed by atoms with Crippen molar-refractivity contribution in [1.82, 2.24) is 20.3 Å². The molecule has 160 valence electrons. The highest BCUT2D eigenvalue weighted by atomic mass is 16.5. The Morgan fingerprint density at radius 2 is 1.83 bits per heavy atom. The van der Waals surface area contributed by atoms with Crippen LogP contribution >= 0.6 is 0 Å². The van der Waals surface area contributed by atoms with Crippen LogP contribution in [0.15, 0.2) is 33.4 Å². The molecule has 2 aromatic rings. The van der Waals surface area contributed by atoms with Crippen LogP contribution < -0.4 is 5.32 Å². The van der Waals surface area contributed by atoms with Gasteiger partial charge in [-0.15, -0.1) is 0 Å². The maximum atomic E-state index is 12.5. The largest absolute Gasteiger partial charge is 0.465 e. The lowest BCUT2D eigenvalue weighted by atomic mass is 10.1. The Balaban J connectivity index is 1.36. The van der Waals surface area contributed by atoms with E-state index in [2.05, 4.69) is 10.5 Å². The number of furan rings is 1. The minimum absolute atomic E-state index is 0.00658. The van der Waals surface area contributed by atoms with Crippen LogP contribution in [0.25, 0.3) is 6.08 Å². The van der Waals surface area contributed by atoms with E-state index in [1.807, 2.05) is 6.92 Å². The van der Waals surface area contributed by atoms with Crippen LogP contribution in [0, 0.1) is 13.8 Å². The molecule has 0 aromatic carbocycles. The topological polar surface area (TPSA) is 109 Å². The molecule has 3 rings (SSSR count). The smallest absolute Gasteiger partial charge is 0.244 e. The molecule has 1 aliphatic heterocycles. The molecule has 1 saturated heterocycles. The number of hydrogen-bond acceptors (Lipinski definition) is 6. The van der Waals surface area contributed by atoms with Gasteiger partial charge in [0.1, 0.15) is 11.5 Å². The summed E-state index contributed by atoms with van der Waals surface area (Å²) in [6, 6.07) is 3.48. The fourth-order valence-corrected chi connectivity index (χ4v) is 3.28. The molecule has 3 amide bonds. The quantitative estimate of drug-likeness (QED) is 0.685. The summed E-state index contributed by atoms with van der Waals surface area (Å²) in [7, 11) is 0. The first-order valence-electron chi connectivity index (χ1n) is 9.90. The molecule has 3 heterocycles. The van der Waals surface area contributed by atoms with Gasteiger partial charge in [-0.25, -0.2) is 0 Å². The van der Waals surface area contributed by atoms with Crippen molar-refractivity contribution in [2.24, 2.45) is 0 Å². The van der Waals surface area contributed by atoms with Crippen LogP contribution in [0.5, 0.6) is 0 Å². The Morgan fingerprint density at radius 3 is 2.43 bits per heavy atom. The molecule has 0 unspecified atom stereocenters. The number of piperazine rings is 1. The predicted molar refractivity (Wildman–Crippen MR) is 108 cm³/mol. The van der Waals surface area contributed by atoms with Crippen molar-refractivity contribution >= 4 is 23.8 Å². The number of carbonyl (C=O) groups is 3. The van der Waals surface area contributed by atoms with Crippen LogP contribution in [-0.2, 0) is 20.8 Å². The van der Waals surface area contributed by atoms with E-state index in [4.69, 9.17) is 8.94 Å². The molecule has 0 saturated carbocycles. The van der Waals surface area contributed by atoms with E-state index >= 15 is 0 Å². The molecule has 0 atom stereocenters. The molecule has 0 bridgehead atoms. The highest BCUT2D eigenvalue weighted by Crippen LogP contribution is 2.15. The second-order valence-electron chi connectivity index (χ2n) is 7.13.